The second-order valence-electron chi connectivity index (χ2n) is 1.33. The van der Waals surface area contributed by atoms with Crippen LogP contribution in [0.25, 0.3) is 0 Å². The molecular formula is C6H9O. The standard InChI is InChI=1S/C6H9O/c1-3-4-5-6(2)7/h3-6H,1H2,2H3. The first-order valence-electron chi connectivity index (χ1n) is 2.22. The van der Waals surface area contributed by atoms with Gasteiger partial charge in [-0.15, -0.1) is 0 Å². The van der Waals surface area contributed by atoms with Gasteiger partial charge in [0.15, 0.2) is 0 Å². The van der Waals surface area contributed by atoms with Crippen molar-refractivity contribution in [3.63, 3.8) is 0 Å². The number of allylic oxidation sites excluding steroid dienone is 2. The average Bonchev–Trinajstić information content (AvgIpc) is 1.61. The highest BCUT2D eigenvalue weighted by Crippen LogP contribution is 1.81. The van der Waals surface area contributed by atoms with Gasteiger partial charge in [-0.3, -0.25) is 0 Å². The molecule has 0 bridgehead atoms. The highest BCUT2D eigenvalue weighted by Gasteiger charge is 1.82. The summed E-state index contributed by atoms with van der Waals surface area (Å²) in [7, 11) is 0. The average molecular weight is 97.1 g/mol. The van der Waals surface area contributed by atoms with Gasteiger partial charge in [-0.1, -0.05) is 24.8 Å². The van der Waals surface area contributed by atoms with Gasteiger partial charge in [0.1, 0.15) is 6.10 Å². The summed E-state index contributed by atoms with van der Waals surface area (Å²) >= 11 is 0. The van der Waals surface area contributed by atoms with Crippen molar-refractivity contribution in [2.75, 3.05) is 0 Å². The van der Waals surface area contributed by atoms with E-state index in [-0.39, 0.29) is 0 Å². The second-order valence-corrected chi connectivity index (χ2v) is 1.33. The van der Waals surface area contributed by atoms with Crippen LogP contribution < -0.4 is 0 Å². The molecule has 0 amide bonds. The molecule has 0 N–H and O–H groups in total. The van der Waals surface area contributed by atoms with E-state index < -0.39 is 6.10 Å². The van der Waals surface area contributed by atoms with E-state index >= 15 is 0 Å². The molecule has 0 aromatic heterocycles. The molecule has 0 aromatic rings. The summed E-state index contributed by atoms with van der Waals surface area (Å²) in [5.41, 5.74) is 0. The molecule has 0 rings (SSSR count). The zero-order chi connectivity index (χ0) is 5.70. The lowest BCUT2D eigenvalue weighted by Gasteiger charge is -1.83. The van der Waals surface area contributed by atoms with Crippen molar-refractivity contribution >= 4 is 0 Å². The minimum absolute atomic E-state index is 0.599. The highest BCUT2D eigenvalue weighted by atomic mass is 16.3. The molecule has 1 heteroatoms. The fourth-order valence-corrected chi connectivity index (χ4v) is 0.235. The van der Waals surface area contributed by atoms with Gasteiger partial charge in [-0.05, 0) is 6.92 Å². The van der Waals surface area contributed by atoms with Gasteiger partial charge in [0.25, 0.3) is 0 Å². The summed E-state index contributed by atoms with van der Waals surface area (Å²) in [5, 5.41) is 10.2. The molecule has 0 fully saturated rings. The van der Waals surface area contributed by atoms with E-state index in [1.165, 1.54) is 0 Å². The van der Waals surface area contributed by atoms with E-state index in [1.807, 2.05) is 0 Å². The van der Waals surface area contributed by atoms with E-state index in [1.54, 1.807) is 25.2 Å². The Morgan fingerprint density at radius 2 is 2.29 bits per heavy atom. The molecule has 1 radical (unpaired) electrons. The van der Waals surface area contributed by atoms with Gasteiger partial charge in [0.2, 0.25) is 0 Å². The normalized spacial score (nSPS) is 14.6. The van der Waals surface area contributed by atoms with Crippen molar-refractivity contribution in [2.24, 2.45) is 0 Å². The van der Waals surface area contributed by atoms with Gasteiger partial charge in [-0.25, -0.2) is 5.11 Å². The molecule has 0 aliphatic rings. The van der Waals surface area contributed by atoms with Crippen LogP contribution in [0.2, 0.25) is 0 Å². The molecule has 0 spiro atoms. The van der Waals surface area contributed by atoms with Gasteiger partial charge in [-0.2, -0.15) is 0 Å². The Morgan fingerprint density at radius 3 is 2.43 bits per heavy atom. The third-order valence-corrected chi connectivity index (χ3v) is 0.518. The van der Waals surface area contributed by atoms with E-state index in [0.29, 0.717) is 0 Å². The lowest BCUT2D eigenvalue weighted by atomic mass is 10.3. The first kappa shape index (κ1) is 6.44. The summed E-state index contributed by atoms with van der Waals surface area (Å²) in [6.07, 6.45) is 4.19. The lowest BCUT2D eigenvalue weighted by molar-refractivity contribution is 0.146. The zero-order valence-electron chi connectivity index (χ0n) is 4.42. The Labute approximate surface area is 44.0 Å². The fourth-order valence-electron chi connectivity index (χ4n) is 0.235. The number of hydrogen-bond donors (Lipinski definition) is 0. The van der Waals surface area contributed by atoms with Gasteiger partial charge in [0.05, 0.1) is 0 Å². The smallest absolute Gasteiger partial charge is 0.109 e. The molecule has 0 aliphatic carbocycles. The Hall–Kier alpha value is -0.560. The molecule has 0 saturated carbocycles. The molecule has 1 atom stereocenters. The molecule has 0 saturated heterocycles. The van der Waals surface area contributed by atoms with Crippen molar-refractivity contribution in [3.8, 4) is 0 Å². The van der Waals surface area contributed by atoms with Crippen LogP contribution >= 0.6 is 0 Å². The molecule has 0 aromatic carbocycles. The van der Waals surface area contributed by atoms with E-state index in [0.717, 1.165) is 0 Å². The summed E-state index contributed by atoms with van der Waals surface area (Å²) in [4.78, 5) is 0. The van der Waals surface area contributed by atoms with E-state index in [9.17, 15) is 5.11 Å². The van der Waals surface area contributed by atoms with Gasteiger partial charge in [0, 0.05) is 0 Å². The maximum Gasteiger partial charge on any atom is 0.109 e. The molecule has 1 nitrogen and oxygen atoms in total. The fraction of sp³-hybridized carbons (Fsp3) is 0.333. The zero-order valence-corrected chi connectivity index (χ0v) is 4.42. The summed E-state index contributed by atoms with van der Waals surface area (Å²) in [6.45, 7) is 4.99. The lowest BCUT2D eigenvalue weighted by Crippen LogP contribution is -1.87. The third-order valence-electron chi connectivity index (χ3n) is 0.518. The predicted molar refractivity (Wildman–Crippen MR) is 29.5 cm³/mol. The number of hydrogen-bond acceptors (Lipinski definition) is 0. The topological polar surface area (TPSA) is 19.9 Å². The van der Waals surface area contributed by atoms with Crippen molar-refractivity contribution in [1.82, 2.24) is 0 Å². The Kier molecular flexibility index (Phi) is 3.33. The van der Waals surface area contributed by atoms with Crippen LogP contribution in [-0.4, -0.2) is 6.10 Å². The number of rotatable bonds is 2. The Morgan fingerprint density at radius 1 is 1.71 bits per heavy atom. The maximum atomic E-state index is 10.2. The van der Waals surface area contributed by atoms with Crippen LogP contribution in [-0.2, 0) is 5.11 Å². The van der Waals surface area contributed by atoms with E-state index in [2.05, 4.69) is 6.58 Å². The minimum Gasteiger partial charge on any atom is -0.229 e. The second kappa shape index (κ2) is 3.62. The van der Waals surface area contributed by atoms with Crippen LogP contribution in [0, 0.1) is 0 Å². The highest BCUT2D eigenvalue weighted by molar-refractivity contribution is 4.99. The van der Waals surface area contributed by atoms with Crippen molar-refractivity contribution in [1.29, 1.82) is 0 Å². The summed E-state index contributed by atoms with van der Waals surface area (Å²) < 4.78 is 0. The Bertz CT molecular complexity index is 72.2. The monoisotopic (exact) mass is 97.1 g/mol. The van der Waals surface area contributed by atoms with Crippen LogP contribution in [0.3, 0.4) is 0 Å². The van der Waals surface area contributed by atoms with Crippen molar-refractivity contribution in [2.45, 2.75) is 13.0 Å². The SMILES string of the molecule is C=CC=CC(C)[O]. The molecule has 0 heterocycles. The first-order chi connectivity index (χ1) is 3.27. The molecule has 1 unspecified atom stereocenters. The first-order valence-corrected chi connectivity index (χ1v) is 2.22. The van der Waals surface area contributed by atoms with Gasteiger partial charge < -0.3 is 0 Å². The van der Waals surface area contributed by atoms with Crippen molar-refractivity contribution in [3.05, 3.63) is 24.8 Å². The Balaban J connectivity index is 3.25. The summed E-state index contributed by atoms with van der Waals surface area (Å²) in [5.74, 6) is 0. The maximum absolute atomic E-state index is 10.2. The third kappa shape index (κ3) is 5.44. The van der Waals surface area contributed by atoms with Crippen LogP contribution in [0.1, 0.15) is 6.92 Å². The minimum atomic E-state index is -0.599. The van der Waals surface area contributed by atoms with Crippen LogP contribution in [0.4, 0.5) is 0 Å². The molecule has 39 valence electrons. The quantitative estimate of drug-likeness (QED) is 0.466. The molecule has 0 aliphatic heterocycles. The van der Waals surface area contributed by atoms with Crippen LogP contribution in [0.5, 0.6) is 0 Å². The summed E-state index contributed by atoms with van der Waals surface area (Å²) in [6, 6.07) is 0. The van der Waals surface area contributed by atoms with Gasteiger partial charge >= 0.3 is 0 Å². The largest absolute Gasteiger partial charge is 0.229 e. The predicted octanol–water partition coefficient (Wildman–Crippen LogP) is 1.55. The molecular weight excluding hydrogens is 88.1 g/mol. The van der Waals surface area contributed by atoms with Crippen molar-refractivity contribution < 1.29 is 5.11 Å². The van der Waals surface area contributed by atoms with Crippen LogP contribution in [0.15, 0.2) is 24.8 Å². The van der Waals surface area contributed by atoms with E-state index in [4.69, 9.17) is 0 Å². The molecule has 7 heavy (non-hydrogen) atoms.